The summed E-state index contributed by atoms with van der Waals surface area (Å²) in [5.74, 6) is 0.238. The quantitative estimate of drug-likeness (QED) is 0.286. The molecule has 0 saturated carbocycles. The van der Waals surface area contributed by atoms with Gasteiger partial charge in [-0.05, 0) is 77.6 Å². The van der Waals surface area contributed by atoms with Crippen molar-refractivity contribution >= 4 is 51.9 Å². The van der Waals surface area contributed by atoms with Crippen molar-refractivity contribution in [2.45, 2.75) is 13.1 Å². The topological polar surface area (TPSA) is 42.2 Å². The Labute approximate surface area is 183 Å². The number of carbonyl (C=O) groups is 1. The summed E-state index contributed by atoms with van der Waals surface area (Å²) < 4.78 is 45.5. The van der Waals surface area contributed by atoms with E-state index < -0.39 is 17.6 Å². The third-order valence-corrected chi connectivity index (χ3v) is 5.11. The molecule has 3 aromatic rings. The van der Waals surface area contributed by atoms with Gasteiger partial charge in [0.1, 0.15) is 11.5 Å². The number of halogens is 5. The normalized spacial score (nSPS) is 11.8. The van der Waals surface area contributed by atoms with Crippen LogP contribution in [0.1, 0.15) is 16.9 Å². The zero-order valence-electron chi connectivity index (χ0n) is 15.0. The second-order valence-corrected chi connectivity index (χ2v) is 7.83. The fraction of sp³-hybridized carbons (Fsp3) is 0.0952. The number of carbonyl (C=O) groups excluding carboxylic acids is 1. The predicted octanol–water partition coefficient (Wildman–Crippen LogP) is 7.18. The van der Waals surface area contributed by atoms with E-state index in [-0.39, 0.29) is 5.69 Å². The summed E-state index contributed by atoms with van der Waals surface area (Å²) in [6, 6.07) is 12.6. The number of anilines is 1. The van der Waals surface area contributed by atoms with Crippen LogP contribution in [0.2, 0.25) is 5.02 Å². The van der Waals surface area contributed by atoms with Crippen molar-refractivity contribution in [3.63, 3.8) is 0 Å². The third kappa shape index (κ3) is 5.42. The highest BCUT2D eigenvalue weighted by molar-refractivity contribution is 14.1. The van der Waals surface area contributed by atoms with Gasteiger partial charge in [-0.3, -0.25) is 4.79 Å². The molecule has 3 nitrogen and oxygen atoms in total. The fourth-order valence-corrected chi connectivity index (χ4v) is 3.21. The lowest BCUT2D eigenvalue weighted by Crippen LogP contribution is -2.14. The SMILES string of the molecule is Cc1ccc(-c2ccc(/C=C/C(=O)Nc3ccc(I)cc3C(F)(F)F)o2)cc1Cl. The van der Waals surface area contributed by atoms with Crippen molar-refractivity contribution in [2.75, 3.05) is 5.32 Å². The number of rotatable bonds is 4. The Kier molecular flexibility index (Phi) is 6.38. The molecule has 0 aliphatic heterocycles. The minimum atomic E-state index is -4.57. The Morgan fingerprint density at radius 1 is 1.14 bits per heavy atom. The molecule has 0 aliphatic carbocycles. The molecule has 1 aromatic heterocycles. The standard InChI is InChI=1S/C21H14ClF3INO2/c1-12-2-3-13(10-17(12)22)19-8-5-15(29-19)6-9-20(28)27-18-7-4-14(26)11-16(18)21(23,24)25/h2-11H,1H3,(H,27,28)/b9-6+. The maximum absolute atomic E-state index is 13.1. The summed E-state index contributed by atoms with van der Waals surface area (Å²) in [4.78, 5) is 12.1. The van der Waals surface area contributed by atoms with Gasteiger partial charge in [-0.15, -0.1) is 0 Å². The first-order valence-corrected chi connectivity index (χ1v) is 9.81. The molecule has 1 heterocycles. The Bertz CT molecular complexity index is 1090. The maximum atomic E-state index is 13.1. The summed E-state index contributed by atoms with van der Waals surface area (Å²) in [6.45, 7) is 1.89. The highest BCUT2D eigenvalue weighted by atomic mass is 127. The zero-order chi connectivity index (χ0) is 21.2. The number of hydrogen-bond donors (Lipinski definition) is 1. The van der Waals surface area contributed by atoms with Gasteiger partial charge < -0.3 is 9.73 Å². The largest absolute Gasteiger partial charge is 0.457 e. The first-order chi connectivity index (χ1) is 13.6. The van der Waals surface area contributed by atoms with Crippen molar-refractivity contribution in [3.05, 3.63) is 80.1 Å². The zero-order valence-corrected chi connectivity index (χ0v) is 17.9. The summed E-state index contributed by atoms with van der Waals surface area (Å²) in [5.41, 5.74) is 0.510. The monoisotopic (exact) mass is 531 g/mol. The summed E-state index contributed by atoms with van der Waals surface area (Å²) >= 11 is 7.90. The number of amides is 1. The molecule has 1 N–H and O–H groups in total. The molecule has 8 heteroatoms. The van der Waals surface area contributed by atoms with Crippen LogP contribution in [0.4, 0.5) is 18.9 Å². The number of furan rings is 1. The van der Waals surface area contributed by atoms with Gasteiger partial charge in [-0.2, -0.15) is 13.2 Å². The molecule has 0 aliphatic rings. The van der Waals surface area contributed by atoms with E-state index in [2.05, 4.69) is 5.32 Å². The molecule has 0 unspecified atom stereocenters. The van der Waals surface area contributed by atoms with Crippen LogP contribution in [0, 0.1) is 10.5 Å². The van der Waals surface area contributed by atoms with E-state index in [0.717, 1.165) is 23.3 Å². The van der Waals surface area contributed by atoms with Crippen molar-refractivity contribution in [1.82, 2.24) is 0 Å². The van der Waals surface area contributed by atoms with E-state index in [9.17, 15) is 18.0 Å². The van der Waals surface area contributed by atoms with Crippen molar-refractivity contribution < 1.29 is 22.4 Å². The maximum Gasteiger partial charge on any atom is 0.418 e. The average Bonchev–Trinajstić information content (AvgIpc) is 3.12. The minimum absolute atomic E-state index is 0.304. The van der Waals surface area contributed by atoms with Crippen LogP contribution >= 0.6 is 34.2 Å². The van der Waals surface area contributed by atoms with E-state index in [1.807, 2.05) is 19.1 Å². The lowest BCUT2D eigenvalue weighted by atomic mass is 10.1. The van der Waals surface area contributed by atoms with E-state index in [1.54, 1.807) is 40.8 Å². The number of aryl methyl sites for hydroxylation is 1. The highest BCUT2D eigenvalue weighted by Crippen LogP contribution is 2.36. The fourth-order valence-electron chi connectivity index (χ4n) is 2.54. The second-order valence-electron chi connectivity index (χ2n) is 6.18. The molecule has 29 heavy (non-hydrogen) atoms. The Morgan fingerprint density at radius 2 is 1.90 bits per heavy atom. The Morgan fingerprint density at radius 3 is 2.59 bits per heavy atom. The molecule has 1 amide bonds. The van der Waals surface area contributed by atoms with Crippen LogP contribution in [0.15, 0.2) is 59.0 Å². The van der Waals surface area contributed by atoms with Gasteiger partial charge in [0, 0.05) is 20.2 Å². The van der Waals surface area contributed by atoms with Crippen LogP contribution in [0.25, 0.3) is 17.4 Å². The molecule has 2 aromatic carbocycles. The average molecular weight is 532 g/mol. The van der Waals surface area contributed by atoms with Crippen molar-refractivity contribution in [1.29, 1.82) is 0 Å². The van der Waals surface area contributed by atoms with Gasteiger partial charge in [0.15, 0.2) is 0 Å². The van der Waals surface area contributed by atoms with Crippen LogP contribution in [-0.4, -0.2) is 5.91 Å². The van der Waals surface area contributed by atoms with Gasteiger partial charge in [0.2, 0.25) is 5.91 Å². The molecule has 3 rings (SSSR count). The summed E-state index contributed by atoms with van der Waals surface area (Å²) in [7, 11) is 0. The number of alkyl halides is 3. The van der Waals surface area contributed by atoms with Crippen LogP contribution in [0.3, 0.4) is 0 Å². The molecule has 0 spiro atoms. The summed E-state index contributed by atoms with van der Waals surface area (Å²) in [6.07, 6.45) is -2.07. The molecule has 150 valence electrons. The minimum Gasteiger partial charge on any atom is -0.457 e. The molecular weight excluding hydrogens is 518 g/mol. The predicted molar refractivity (Wildman–Crippen MR) is 116 cm³/mol. The van der Waals surface area contributed by atoms with E-state index >= 15 is 0 Å². The van der Waals surface area contributed by atoms with Crippen LogP contribution in [0.5, 0.6) is 0 Å². The van der Waals surface area contributed by atoms with Gasteiger partial charge >= 0.3 is 6.18 Å². The molecule has 0 atom stereocenters. The highest BCUT2D eigenvalue weighted by Gasteiger charge is 2.34. The lowest BCUT2D eigenvalue weighted by molar-refractivity contribution is -0.137. The van der Waals surface area contributed by atoms with E-state index in [4.69, 9.17) is 16.0 Å². The van der Waals surface area contributed by atoms with Gasteiger partial charge in [0.25, 0.3) is 0 Å². The molecule has 0 saturated heterocycles. The third-order valence-electron chi connectivity index (χ3n) is 4.03. The van der Waals surface area contributed by atoms with Gasteiger partial charge in [-0.25, -0.2) is 0 Å². The van der Waals surface area contributed by atoms with Crippen LogP contribution in [-0.2, 0) is 11.0 Å². The van der Waals surface area contributed by atoms with Crippen LogP contribution < -0.4 is 5.32 Å². The van der Waals surface area contributed by atoms with Crippen molar-refractivity contribution in [2.24, 2.45) is 0 Å². The van der Waals surface area contributed by atoms with Gasteiger partial charge in [0.05, 0.1) is 11.3 Å². The summed E-state index contributed by atoms with van der Waals surface area (Å²) in [5, 5.41) is 2.86. The van der Waals surface area contributed by atoms with Gasteiger partial charge in [-0.1, -0.05) is 23.7 Å². The first kappa shape index (κ1) is 21.4. The molecule has 0 bridgehead atoms. The Balaban J connectivity index is 1.74. The first-order valence-electron chi connectivity index (χ1n) is 8.35. The molecule has 0 fully saturated rings. The number of hydrogen-bond acceptors (Lipinski definition) is 2. The smallest absolute Gasteiger partial charge is 0.418 e. The van der Waals surface area contributed by atoms with Crippen molar-refractivity contribution in [3.8, 4) is 11.3 Å². The number of benzene rings is 2. The lowest BCUT2D eigenvalue weighted by Gasteiger charge is -2.13. The van der Waals surface area contributed by atoms with E-state index in [1.165, 1.54) is 18.2 Å². The Hall–Kier alpha value is -2.26. The van der Waals surface area contributed by atoms with E-state index in [0.29, 0.717) is 20.1 Å². The number of nitrogens with one attached hydrogen (secondary N) is 1. The second kappa shape index (κ2) is 8.62. The molecule has 0 radical (unpaired) electrons. The molecular formula is C21H14ClF3INO2.